The molecule has 0 aromatic heterocycles. The number of allylic oxidation sites excluding steroid dienone is 1. The molecule has 0 unspecified atom stereocenters. The lowest BCUT2D eigenvalue weighted by Gasteiger charge is -2.32. The molecule has 6 heteroatoms. The molecule has 0 bridgehead atoms. The van der Waals surface area contributed by atoms with E-state index in [-0.39, 0.29) is 5.76 Å². The van der Waals surface area contributed by atoms with Gasteiger partial charge in [0.25, 0.3) is 5.91 Å². The molecular weight excluding hydrogens is 370 g/mol. The fourth-order valence-corrected chi connectivity index (χ4v) is 3.27. The smallest absolute Gasteiger partial charge is 0.322 e. The van der Waals surface area contributed by atoms with Crippen LogP contribution in [0.25, 0.3) is 12.2 Å². The van der Waals surface area contributed by atoms with E-state index in [0.29, 0.717) is 11.1 Å². The SMILES string of the molecule is CC1(C)C(O)=C(C(=O)NCC(=O)O)C(=O)c2ccc(C=Cc3ccccc3)cc21. The topological polar surface area (TPSA) is 104 Å². The predicted molar refractivity (Wildman–Crippen MR) is 109 cm³/mol. The number of ketones is 1. The molecule has 0 spiro atoms. The molecule has 0 saturated carbocycles. The van der Waals surface area contributed by atoms with Gasteiger partial charge in [-0.3, -0.25) is 14.4 Å². The summed E-state index contributed by atoms with van der Waals surface area (Å²) < 4.78 is 0. The van der Waals surface area contributed by atoms with Crippen LogP contribution in [0.1, 0.15) is 40.9 Å². The number of aliphatic hydroxyl groups is 1. The second-order valence-corrected chi connectivity index (χ2v) is 7.30. The maximum absolute atomic E-state index is 12.8. The van der Waals surface area contributed by atoms with E-state index >= 15 is 0 Å². The molecule has 3 N–H and O–H groups in total. The first kappa shape index (κ1) is 20.1. The first-order chi connectivity index (χ1) is 13.7. The van der Waals surface area contributed by atoms with E-state index in [2.05, 4.69) is 5.32 Å². The Balaban J connectivity index is 1.97. The van der Waals surface area contributed by atoms with E-state index in [1.165, 1.54) is 0 Å². The Morgan fingerprint density at radius 2 is 1.69 bits per heavy atom. The standard InChI is InChI=1S/C23H21NO5/c1-23(2)17-12-15(9-8-14-6-4-3-5-7-14)10-11-16(17)20(27)19(21(23)28)22(29)24-13-18(25)26/h3-12,28H,13H2,1-2H3,(H,24,29)(H,25,26). The number of hydrogen-bond acceptors (Lipinski definition) is 4. The molecule has 0 saturated heterocycles. The third-order valence-electron chi connectivity index (χ3n) is 4.91. The summed E-state index contributed by atoms with van der Waals surface area (Å²) in [4.78, 5) is 35.9. The number of carboxylic acid groups (broad SMARTS) is 1. The molecule has 0 atom stereocenters. The molecule has 1 aliphatic carbocycles. The van der Waals surface area contributed by atoms with E-state index < -0.39 is 35.2 Å². The third kappa shape index (κ3) is 3.96. The molecule has 148 valence electrons. The largest absolute Gasteiger partial charge is 0.510 e. The zero-order chi connectivity index (χ0) is 21.2. The third-order valence-corrected chi connectivity index (χ3v) is 4.91. The summed E-state index contributed by atoms with van der Waals surface area (Å²) >= 11 is 0. The molecule has 3 rings (SSSR count). The number of rotatable bonds is 5. The first-order valence-corrected chi connectivity index (χ1v) is 9.08. The number of benzene rings is 2. The van der Waals surface area contributed by atoms with Crippen molar-refractivity contribution in [2.75, 3.05) is 6.54 Å². The van der Waals surface area contributed by atoms with Gasteiger partial charge in [0.2, 0.25) is 5.78 Å². The van der Waals surface area contributed by atoms with E-state index in [1.54, 1.807) is 26.0 Å². The van der Waals surface area contributed by atoms with Gasteiger partial charge in [-0.15, -0.1) is 0 Å². The van der Waals surface area contributed by atoms with E-state index in [1.807, 2.05) is 48.6 Å². The van der Waals surface area contributed by atoms with Crippen LogP contribution in [0, 0.1) is 0 Å². The van der Waals surface area contributed by atoms with Crippen LogP contribution in [0.4, 0.5) is 0 Å². The highest BCUT2D eigenvalue weighted by atomic mass is 16.4. The Bertz CT molecular complexity index is 1050. The average molecular weight is 391 g/mol. The Morgan fingerprint density at radius 1 is 1.03 bits per heavy atom. The Hall–Kier alpha value is -3.67. The maximum Gasteiger partial charge on any atom is 0.322 e. The van der Waals surface area contributed by atoms with Crippen molar-refractivity contribution in [2.24, 2.45) is 0 Å². The quantitative estimate of drug-likeness (QED) is 0.536. The number of carboxylic acids is 1. The fourth-order valence-electron chi connectivity index (χ4n) is 3.27. The molecule has 0 aliphatic heterocycles. The predicted octanol–water partition coefficient (Wildman–Crippen LogP) is 3.34. The van der Waals surface area contributed by atoms with Gasteiger partial charge in [-0.05, 0) is 30.5 Å². The number of Topliss-reactive ketones (excluding diaryl/α,β-unsaturated/α-hetero) is 1. The molecule has 1 amide bonds. The summed E-state index contributed by atoms with van der Waals surface area (Å²) in [6.45, 7) is 2.78. The van der Waals surface area contributed by atoms with Crippen LogP contribution in [0.3, 0.4) is 0 Å². The zero-order valence-corrected chi connectivity index (χ0v) is 16.1. The number of carbonyl (C=O) groups excluding carboxylic acids is 2. The second-order valence-electron chi connectivity index (χ2n) is 7.30. The summed E-state index contributed by atoms with van der Waals surface area (Å²) in [6, 6.07) is 15.0. The molecule has 29 heavy (non-hydrogen) atoms. The number of carbonyl (C=O) groups is 3. The summed E-state index contributed by atoms with van der Waals surface area (Å²) in [5, 5.41) is 21.6. The van der Waals surface area contributed by atoms with Gasteiger partial charge < -0.3 is 15.5 Å². The molecule has 2 aromatic carbocycles. The van der Waals surface area contributed by atoms with Crippen molar-refractivity contribution >= 4 is 29.8 Å². The zero-order valence-electron chi connectivity index (χ0n) is 16.1. The lowest BCUT2D eigenvalue weighted by atomic mass is 9.71. The fraction of sp³-hybridized carbons (Fsp3) is 0.174. The minimum absolute atomic E-state index is 0.310. The van der Waals surface area contributed by atoms with Crippen LogP contribution in [-0.4, -0.2) is 34.4 Å². The Labute approximate surface area is 168 Å². The lowest BCUT2D eigenvalue weighted by Crippen LogP contribution is -2.39. The van der Waals surface area contributed by atoms with Crippen molar-refractivity contribution in [3.8, 4) is 0 Å². The Kier molecular flexibility index (Phi) is 5.37. The van der Waals surface area contributed by atoms with Gasteiger partial charge in [0.05, 0.1) is 0 Å². The molecule has 6 nitrogen and oxygen atoms in total. The van der Waals surface area contributed by atoms with Gasteiger partial charge >= 0.3 is 5.97 Å². The molecular formula is C23H21NO5. The molecule has 0 radical (unpaired) electrons. The van der Waals surface area contributed by atoms with Crippen LogP contribution in [0.15, 0.2) is 59.9 Å². The highest BCUT2D eigenvalue weighted by molar-refractivity contribution is 6.27. The average Bonchev–Trinajstić information content (AvgIpc) is 2.70. The summed E-state index contributed by atoms with van der Waals surface area (Å²) in [5.74, 6) is -3.14. The number of amides is 1. The summed E-state index contributed by atoms with van der Waals surface area (Å²) in [5.41, 5.74) is 1.38. The summed E-state index contributed by atoms with van der Waals surface area (Å²) in [6.07, 6.45) is 3.85. The molecule has 0 heterocycles. The first-order valence-electron chi connectivity index (χ1n) is 9.08. The van der Waals surface area contributed by atoms with Crippen LogP contribution < -0.4 is 5.32 Å². The molecule has 0 fully saturated rings. The monoisotopic (exact) mass is 391 g/mol. The number of aliphatic carboxylic acids is 1. The van der Waals surface area contributed by atoms with Crippen LogP contribution in [0.5, 0.6) is 0 Å². The van der Waals surface area contributed by atoms with Crippen molar-refractivity contribution < 1.29 is 24.6 Å². The van der Waals surface area contributed by atoms with Crippen molar-refractivity contribution in [1.29, 1.82) is 0 Å². The normalized spacial score (nSPS) is 15.3. The number of aliphatic hydroxyl groups excluding tert-OH is 1. The highest BCUT2D eigenvalue weighted by Crippen LogP contribution is 2.40. The minimum atomic E-state index is -1.24. The van der Waals surface area contributed by atoms with Crippen molar-refractivity contribution in [3.63, 3.8) is 0 Å². The van der Waals surface area contributed by atoms with Crippen LogP contribution in [-0.2, 0) is 15.0 Å². The summed E-state index contributed by atoms with van der Waals surface area (Å²) in [7, 11) is 0. The lowest BCUT2D eigenvalue weighted by molar-refractivity contribution is -0.137. The Morgan fingerprint density at radius 3 is 2.34 bits per heavy atom. The minimum Gasteiger partial charge on any atom is -0.510 e. The van der Waals surface area contributed by atoms with Gasteiger partial charge in [0.15, 0.2) is 0 Å². The van der Waals surface area contributed by atoms with E-state index in [4.69, 9.17) is 5.11 Å². The number of nitrogens with one attached hydrogen (secondary N) is 1. The van der Waals surface area contributed by atoms with Crippen molar-refractivity contribution in [1.82, 2.24) is 5.32 Å². The van der Waals surface area contributed by atoms with Gasteiger partial charge in [0.1, 0.15) is 17.9 Å². The second kappa shape index (κ2) is 7.75. The van der Waals surface area contributed by atoms with Crippen LogP contribution >= 0.6 is 0 Å². The molecule has 1 aliphatic rings. The van der Waals surface area contributed by atoms with Gasteiger partial charge in [-0.1, -0.05) is 60.7 Å². The van der Waals surface area contributed by atoms with Gasteiger partial charge in [0, 0.05) is 11.0 Å². The van der Waals surface area contributed by atoms with Crippen molar-refractivity contribution in [3.05, 3.63) is 82.1 Å². The highest BCUT2D eigenvalue weighted by Gasteiger charge is 2.41. The van der Waals surface area contributed by atoms with E-state index in [0.717, 1.165) is 11.1 Å². The van der Waals surface area contributed by atoms with Gasteiger partial charge in [-0.25, -0.2) is 0 Å². The maximum atomic E-state index is 12.8. The van der Waals surface area contributed by atoms with Crippen LogP contribution in [0.2, 0.25) is 0 Å². The molecule has 2 aromatic rings. The number of fused-ring (bicyclic) bond motifs is 1. The van der Waals surface area contributed by atoms with Gasteiger partial charge in [-0.2, -0.15) is 0 Å². The number of hydrogen-bond donors (Lipinski definition) is 3. The van der Waals surface area contributed by atoms with E-state index in [9.17, 15) is 19.5 Å². The van der Waals surface area contributed by atoms with Crippen molar-refractivity contribution in [2.45, 2.75) is 19.3 Å².